The number of nitrogens with one attached hydrogen (secondary N) is 1. The molecule has 0 spiro atoms. The van der Waals surface area contributed by atoms with E-state index in [4.69, 9.17) is 4.74 Å². The molecule has 23 heavy (non-hydrogen) atoms. The predicted molar refractivity (Wildman–Crippen MR) is 97.1 cm³/mol. The Morgan fingerprint density at radius 1 is 1.26 bits per heavy atom. The van der Waals surface area contributed by atoms with Crippen molar-refractivity contribution in [2.24, 2.45) is 0 Å². The monoisotopic (exact) mass is 373 g/mol. The first-order valence-corrected chi connectivity index (χ1v) is 8.29. The Hall–Kier alpha value is -2.07. The molecule has 0 aliphatic heterocycles. The molecule has 2 rings (SSSR count). The smallest absolute Gasteiger partial charge is 0.251 e. The SMILES string of the molecule is CC[C@@H](NC(=O)c1cc(Br)cc(/C=C/OC)c1)c1ccccc1. The second kappa shape index (κ2) is 8.53. The Balaban J connectivity index is 2.19. The Bertz CT molecular complexity index is 683. The fourth-order valence-electron chi connectivity index (χ4n) is 2.33. The molecular weight excluding hydrogens is 354 g/mol. The first kappa shape index (κ1) is 17.3. The van der Waals surface area contributed by atoms with Crippen LogP contribution in [-0.2, 0) is 4.74 Å². The molecule has 1 atom stereocenters. The minimum absolute atomic E-state index is 0.000601. The molecule has 2 aromatic rings. The molecule has 0 bridgehead atoms. The molecule has 0 aromatic heterocycles. The minimum Gasteiger partial charge on any atom is -0.504 e. The van der Waals surface area contributed by atoms with Crippen molar-refractivity contribution in [3.05, 3.63) is 76.0 Å². The van der Waals surface area contributed by atoms with E-state index in [2.05, 4.69) is 28.2 Å². The number of halogens is 1. The topological polar surface area (TPSA) is 38.3 Å². The van der Waals surface area contributed by atoms with Crippen molar-refractivity contribution in [3.8, 4) is 0 Å². The second-order valence-corrected chi connectivity index (χ2v) is 6.07. The Labute approximate surface area is 145 Å². The summed E-state index contributed by atoms with van der Waals surface area (Å²) in [5.74, 6) is -0.0888. The van der Waals surface area contributed by atoms with Gasteiger partial charge < -0.3 is 10.1 Å². The highest BCUT2D eigenvalue weighted by atomic mass is 79.9. The number of benzene rings is 2. The Morgan fingerprint density at radius 3 is 2.65 bits per heavy atom. The molecule has 2 aromatic carbocycles. The second-order valence-electron chi connectivity index (χ2n) is 5.16. The summed E-state index contributed by atoms with van der Waals surface area (Å²) < 4.78 is 5.78. The van der Waals surface area contributed by atoms with Crippen LogP contribution in [0.4, 0.5) is 0 Å². The summed E-state index contributed by atoms with van der Waals surface area (Å²) >= 11 is 3.45. The van der Waals surface area contributed by atoms with Gasteiger partial charge in [-0.3, -0.25) is 4.79 Å². The van der Waals surface area contributed by atoms with Crippen molar-refractivity contribution in [3.63, 3.8) is 0 Å². The molecule has 0 fully saturated rings. The van der Waals surface area contributed by atoms with E-state index in [9.17, 15) is 4.79 Å². The van der Waals surface area contributed by atoms with E-state index < -0.39 is 0 Å². The lowest BCUT2D eigenvalue weighted by atomic mass is 10.0. The fraction of sp³-hybridized carbons (Fsp3) is 0.211. The van der Waals surface area contributed by atoms with E-state index in [0.717, 1.165) is 22.0 Å². The quantitative estimate of drug-likeness (QED) is 0.727. The summed E-state index contributed by atoms with van der Waals surface area (Å²) in [6, 6.07) is 15.6. The molecular formula is C19H20BrNO2. The minimum atomic E-state index is -0.0888. The zero-order valence-electron chi connectivity index (χ0n) is 13.3. The maximum Gasteiger partial charge on any atom is 0.251 e. The van der Waals surface area contributed by atoms with E-state index in [-0.39, 0.29) is 11.9 Å². The van der Waals surface area contributed by atoms with E-state index in [1.54, 1.807) is 13.4 Å². The van der Waals surface area contributed by atoms with Crippen LogP contribution in [-0.4, -0.2) is 13.0 Å². The van der Waals surface area contributed by atoms with E-state index in [1.165, 1.54) is 0 Å². The third kappa shape index (κ3) is 4.96. The Morgan fingerprint density at radius 2 is 2.00 bits per heavy atom. The molecule has 1 amide bonds. The number of carbonyl (C=O) groups excluding carboxylic acids is 1. The van der Waals surface area contributed by atoms with Gasteiger partial charge in [0.05, 0.1) is 19.4 Å². The van der Waals surface area contributed by atoms with E-state index in [1.807, 2.05) is 54.6 Å². The lowest BCUT2D eigenvalue weighted by Crippen LogP contribution is -2.28. The molecule has 0 saturated heterocycles. The molecule has 0 radical (unpaired) electrons. The van der Waals surface area contributed by atoms with Crippen molar-refractivity contribution in [2.45, 2.75) is 19.4 Å². The summed E-state index contributed by atoms with van der Waals surface area (Å²) in [6.07, 6.45) is 4.23. The van der Waals surface area contributed by atoms with Gasteiger partial charge in [-0.1, -0.05) is 53.2 Å². The first-order chi connectivity index (χ1) is 11.1. The van der Waals surface area contributed by atoms with E-state index >= 15 is 0 Å². The van der Waals surface area contributed by atoms with Crippen molar-refractivity contribution in [2.75, 3.05) is 7.11 Å². The maximum absolute atomic E-state index is 12.6. The molecule has 4 heteroatoms. The molecule has 0 saturated carbocycles. The van der Waals surface area contributed by atoms with Crippen LogP contribution >= 0.6 is 15.9 Å². The van der Waals surface area contributed by atoms with Crippen LogP contribution in [0.2, 0.25) is 0 Å². The van der Waals surface area contributed by atoms with Crippen LogP contribution in [0.1, 0.15) is 40.9 Å². The molecule has 0 unspecified atom stereocenters. The lowest BCUT2D eigenvalue weighted by molar-refractivity contribution is 0.0935. The van der Waals surface area contributed by atoms with Crippen LogP contribution in [0.15, 0.2) is 59.3 Å². The Kier molecular flexibility index (Phi) is 6.41. The first-order valence-electron chi connectivity index (χ1n) is 7.49. The summed E-state index contributed by atoms with van der Waals surface area (Å²) in [7, 11) is 1.59. The highest BCUT2D eigenvalue weighted by Gasteiger charge is 2.14. The van der Waals surface area contributed by atoms with Gasteiger partial charge in [0.2, 0.25) is 0 Å². The van der Waals surface area contributed by atoms with Crippen molar-refractivity contribution >= 4 is 27.9 Å². The van der Waals surface area contributed by atoms with Crippen LogP contribution < -0.4 is 5.32 Å². The van der Waals surface area contributed by atoms with Crippen LogP contribution in [0.3, 0.4) is 0 Å². The largest absolute Gasteiger partial charge is 0.504 e. The maximum atomic E-state index is 12.6. The summed E-state index contributed by atoms with van der Waals surface area (Å²) in [5.41, 5.74) is 2.63. The van der Waals surface area contributed by atoms with Crippen LogP contribution in [0.5, 0.6) is 0 Å². The molecule has 3 nitrogen and oxygen atoms in total. The number of carbonyl (C=O) groups is 1. The number of methoxy groups -OCH3 is 1. The number of amides is 1. The van der Waals surface area contributed by atoms with Crippen LogP contribution in [0, 0.1) is 0 Å². The molecule has 0 heterocycles. The van der Waals surface area contributed by atoms with Gasteiger partial charge in [0.25, 0.3) is 5.91 Å². The number of rotatable bonds is 6. The average Bonchev–Trinajstić information content (AvgIpc) is 2.58. The van der Waals surface area contributed by atoms with Crippen LogP contribution in [0.25, 0.3) is 6.08 Å². The normalized spacial score (nSPS) is 12.1. The van der Waals surface area contributed by atoms with Crippen molar-refractivity contribution < 1.29 is 9.53 Å². The van der Waals surface area contributed by atoms with Gasteiger partial charge in [-0.25, -0.2) is 0 Å². The molecule has 120 valence electrons. The van der Waals surface area contributed by atoms with Crippen molar-refractivity contribution in [1.29, 1.82) is 0 Å². The standard InChI is InChI=1S/C19H20BrNO2/c1-3-18(15-7-5-4-6-8-15)21-19(22)16-11-14(9-10-23-2)12-17(20)13-16/h4-13,18H,3H2,1-2H3,(H,21,22)/b10-9+/t18-/m1/s1. The number of hydrogen-bond acceptors (Lipinski definition) is 2. The highest BCUT2D eigenvalue weighted by molar-refractivity contribution is 9.10. The summed E-state index contributed by atoms with van der Waals surface area (Å²) in [4.78, 5) is 12.6. The van der Waals surface area contributed by atoms with Gasteiger partial charge in [-0.05, 0) is 41.8 Å². The van der Waals surface area contributed by atoms with Gasteiger partial charge in [0.15, 0.2) is 0 Å². The molecule has 0 aliphatic carbocycles. The third-order valence-electron chi connectivity index (χ3n) is 3.49. The highest BCUT2D eigenvalue weighted by Crippen LogP contribution is 2.20. The average molecular weight is 374 g/mol. The van der Waals surface area contributed by atoms with E-state index in [0.29, 0.717) is 5.56 Å². The predicted octanol–water partition coefficient (Wildman–Crippen LogP) is 4.95. The van der Waals surface area contributed by atoms with Gasteiger partial charge >= 0.3 is 0 Å². The molecule has 0 aliphatic rings. The zero-order valence-corrected chi connectivity index (χ0v) is 14.8. The van der Waals surface area contributed by atoms with Crippen molar-refractivity contribution in [1.82, 2.24) is 5.32 Å². The summed E-state index contributed by atoms with van der Waals surface area (Å²) in [6.45, 7) is 2.06. The summed E-state index contributed by atoms with van der Waals surface area (Å²) in [5, 5.41) is 3.09. The van der Waals surface area contributed by atoms with Gasteiger partial charge in [-0.15, -0.1) is 0 Å². The number of ether oxygens (including phenoxy) is 1. The van der Waals surface area contributed by atoms with Gasteiger partial charge in [0.1, 0.15) is 0 Å². The van der Waals surface area contributed by atoms with Gasteiger partial charge in [0, 0.05) is 10.0 Å². The van der Waals surface area contributed by atoms with Gasteiger partial charge in [-0.2, -0.15) is 0 Å². The zero-order chi connectivity index (χ0) is 16.7. The third-order valence-corrected chi connectivity index (χ3v) is 3.95. The number of hydrogen-bond donors (Lipinski definition) is 1. The lowest BCUT2D eigenvalue weighted by Gasteiger charge is -2.17. The fourth-order valence-corrected chi connectivity index (χ4v) is 2.85. The molecule has 1 N–H and O–H groups in total.